The highest BCUT2D eigenvalue weighted by molar-refractivity contribution is 6.14. The predicted molar refractivity (Wildman–Crippen MR) is 122 cm³/mol. The van der Waals surface area contributed by atoms with Gasteiger partial charge in [0, 0.05) is 35.6 Å². The normalized spacial score (nSPS) is 18.6. The molecular formula is C25H19F2N5O3. The maximum atomic E-state index is 14.9. The van der Waals surface area contributed by atoms with Gasteiger partial charge in [-0.05, 0) is 54.4 Å². The number of pyridine rings is 1. The van der Waals surface area contributed by atoms with Gasteiger partial charge in [-0.2, -0.15) is 5.10 Å². The van der Waals surface area contributed by atoms with Crippen molar-refractivity contribution >= 4 is 17.5 Å². The largest absolute Gasteiger partial charge is 0.454 e. The molecule has 5 rings (SSSR count). The fourth-order valence-corrected chi connectivity index (χ4v) is 4.04. The second-order valence-corrected chi connectivity index (χ2v) is 8.21. The first-order valence-electron chi connectivity index (χ1n) is 10.7. The van der Waals surface area contributed by atoms with Crippen LogP contribution in [-0.4, -0.2) is 27.0 Å². The second-order valence-electron chi connectivity index (χ2n) is 8.21. The Balaban J connectivity index is 1.33. The van der Waals surface area contributed by atoms with Crippen molar-refractivity contribution in [3.05, 3.63) is 90.4 Å². The zero-order valence-electron chi connectivity index (χ0n) is 18.2. The van der Waals surface area contributed by atoms with E-state index in [1.165, 1.54) is 42.6 Å². The molecule has 2 aromatic heterocycles. The molecule has 8 nitrogen and oxygen atoms in total. The monoisotopic (exact) mass is 475 g/mol. The van der Waals surface area contributed by atoms with Crippen molar-refractivity contribution in [2.24, 2.45) is 11.1 Å². The molecule has 2 unspecified atom stereocenters. The number of carbonyl (C=O) groups excluding carboxylic acids is 2. The van der Waals surface area contributed by atoms with E-state index in [0.29, 0.717) is 22.7 Å². The van der Waals surface area contributed by atoms with Crippen molar-refractivity contribution < 1.29 is 23.1 Å². The Hall–Kier alpha value is -4.60. The summed E-state index contributed by atoms with van der Waals surface area (Å²) in [6.07, 6.45) is 4.95. The minimum absolute atomic E-state index is 0.0285. The van der Waals surface area contributed by atoms with E-state index in [4.69, 9.17) is 10.5 Å². The number of aromatic nitrogens is 3. The minimum Gasteiger partial charge on any atom is -0.454 e. The zero-order chi connectivity index (χ0) is 24.6. The third-order valence-electron chi connectivity index (χ3n) is 6.02. The first-order chi connectivity index (χ1) is 16.9. The molecule has 176 valence electrons. The highest BCUT2D eigenvalue weighted by Crippen LogP contribution is 2.60. The summed E-state index contributed by atoms with van der Waals surface area (Å²) < 4.78 is 33.8. The van der Waals surface area contributed by atoms with Gasteiger partial charge in [0.15, 0.2) is 11.6 Å². The van der Waals surface area contributed by atoms with E-state index in [-0.39, 0.29) is 12.2 Å². The number of aromatic amines is 1. The van der Waals surface area contributed by atoms with Crippen molar-refractivity contribution in [1.82, 2.24) is 15.2 Å². The molecule has 2 atom stereocenters. The summed E-state index contributed by atoms with van der Waals surface area (Å²) in [6, 6.07) is 12.6. The maximum absolute atomic E-state index is 14.9. The number of anilines is 1. The lowest BCUT2D eigenvalue weighted by Crippen LogP contribution is -2.37. The van der Waals surface area contributed by atoms with E-state index < -0.39 is 34.8 Å². The van der Waals surface area contributed by atoms with Crippen LogP contribution in [0.3, 0.4) is 0 Å². The summed E-state index contributed by atoms with van der Waals surface area (Å²) in [5.41, 5.74) is 6.17. The van der Waals surface area contributed by atoms with Crippen LogP contribution in [0.2, 0.25) is 0 Å². The first kappa shape index (κ1) is 22.2. The van der Waals surface area contributed by atoms with Gasteiger partial charge < -0.3 is 15.8 Å². The third-order valence-corrected chi connectivity index (χ3v) is 6.02. The highest BCUT2D eigenvalue weighted by atomic mass is 19.1. The molecule has 0 radical (unpaired) electrons. The van der Waals surface area contributed by atoms with Gasteiger partial charge in [-0.25, -0.2) is 8.78 Å². The molecule has 0 aliphatic heterocycles. The van der Waals surface area contributed by atoms with E-state index in [9.17, 15) is 18.4 Å². The van der Waals surface area contributed by atoms with Gasteiger partial charge in [0.05, 0.1) is 11.9 Å². The minimum atomic E-state index is -1.52. The number of nitrogens with zero attached hydrogens (tertiary/aromatic N) is 2. The molecular weight excluding hydrogens is 456 g/mol. The highest BCUT2D eigenvalue weighted by Gasteiger charge is 2.65. The lowest BCUT2D eigenvalue weighted by atomic mass is 9.97. The molecule has 1 saturated carbocycles. The van der Waals surface area contributed by atoms with Gasteiger partial charge in [0.1, 0.15) is 17.0 Å². The average Bonchev–Trinajstić information content (AvgIpc) is 3.38. The SMILES string of the molecule is NC(=O)C1(C(=O)Nc2ccc(F)cc2)CC1c1ccc(Oc2ccnc(-c3cn[nH]c3)c2)c(F)c1. The number of hydrogen-bond donors (Lipinski definition) is 3. The molecule has 1 aliphatic rings. The molecule has 0 saturated heterocycles. The fraction of sp³-hybridized carbons (Fsp3) is 0.120. The lowest BCUT2D eigenvalue weighted by Gasteiger charge is -2.15. The summed E-state index contributed by atoms with van der Waals surface area (Å²) in [6.45, 7) is 0. The van der Waals surface area contributed by atoms with Crippen LogP contribution in [0, 0.1) is 17.0 Å². The Labute approximate surface area is 198 Å². The van der Waals surface area contributed by atoms with Gasteiger partial charge in [0.25, 0.3) is 0 Å². The summed E-state index contributed by atoms with van der Waals surface area (Å²) >= 11 is 0. The molecule has 4 N–H and O–H groups in total. The summed E-state index contributed by atoms with van der Waals surface area (Å²) in [7, 11) is 0. The van der Waals surface area contributed by atoms with Crippen molar-refractivity contribution in [1.29, 1.82) is 0 Å². The molecule has 1 aliphatic carbocycles. The lowest BCUT2D eigenvalue weighted by molar-refractivity contribution is -0.132. The topological polar surface area (TPSA) is 123 Å². The molecule has 0 bridgehead atoms. The molecule has 2 heterocycles. The molecule has 35 heavy (non-hydrogen) atoms. The average molecular weight is 475 g/mol. The Bertz CT molecular complexity index is 1410. The third kappa shape index (κ3) is 4.21. The van der Waals surface area contributed by atoms with Gasteiger partial charge in [0.2, 0.25) is 11.8 Å². The van der Waals surface area contributed by atoms with Gasteiger partial charge in [-0.15, -0.1) is 0 Å². The number of benzene rings is 2. The van der Waals surface area contributed by atoms with Crippen LogP contribution in [0.1, 0.15) is 17.9 Å². The smallest absolute Gasteiger partial charge is 0.240 e. The van der Waals surface area contributed by atoms with E-state index in [1.54, 1.807) is 30.6 Å². The summed E-state index contributed by atoms with van der Waals surface area (Å²) in [4.78, 5) is 29.4. The number of primary amides is 1. The summed E-state index contributed by atoms with van der Waals surface area (Å²) in [5.74, 6) is -2.80. The van der Waals surface area contributed by atoms with Crippen LogP contribution >= 0.6 is 0 Å². The maximum Gasteiger partial charge on any atom is 0.240 e. The predicted octanol–water partition coefficient (Wildman–Crippen LogP) is 4.14. The van der Waals surface area contributed by atoms with Crippen molar-refractivity contribution in [3.63, 3.8) is 0 Å². The number of H-pyrrole nitrogens is 1. The van der Waals surface area contributed by atoms with E-state index in [0.717, 1.165) is 5.56 Å². The van der Waals surface area contributed by atoms with Crippen molar-refractivity contribution in [2.45, 2.75) is 12.3 Å². The molecule has 2 amide bonds. The molecule has 4 aromatic rings. The number of nitrogens with one attached hydrogen (secondary N) is 2. The van der Waals surface area contributed by atoms with Gasteiger partial charge in [-0.1, -0.05) is 6.07 Å². The molecule has 1 fully saturated rings. The molecule has 0 spiro atoms. The van der Waals surface area contributed by atoms with Crippen LogP contribution < -0.4 is 15.8 Å². The number of amides is 2. The number of carbonyl (C=O) groups is 2. The quantitative estimate of drug-likeness (QED) is 0.347. The van der Waals surface area contributed by atoms with Gasteiger partial charge in [-0.3, -0.25) is 19.7 Å². The van der Waals surface area contributed by atoms with Crippen LogP contribution in [0.4, 0.5) is 14.5 Å². The Morgan fingerprint density at radius 3 is 2.60 bits per heavy atom. The zero-order valence-corrected chi connectivity index (χ0v) is 18.2. The van der Waals surface area contributed by atoms with Crippen molar-refractivity contribution in [3.8, 4) is 22.8 Å². The Kier molecular flexibility index (Phi) is 5.48. The summed E-state index contributed by atoms with van der Waals surface area (Å²) in [5, 5.41) is 9.17. The number of nitrogens with two attached hydrogens (primary N) is 1. The molecule has 10 heteroatoms. The van der Waals surface area contributed by atoms with Crippen LogP contribution in [0.5, 0.6) is 11.5 Å². The van der Waals surface area contributed by atoms with Crippen LogP contribution in [0.25, 0.3) is 11.3 Å². The van der Waals surface area contributed by atoms with E-state index in [2.05, 4.69) is 20.5 Å². The van der Waals surface area contributed by atoms with Crippen molar-refractivity contribution in [2.75, 3.05) is 5.32 Å². The fourth-order valence-electron chi connectivity index (χ4n) is 4.04. The van der Waals surface area contributed by atoms with E-state index >= 15 is 0 Å². The number of halogens is 2. The van der Waals surface area contributed by atoms with Gasteiger partial charge >= 0.3 is 0 Å². The number of ether oxygens (including phenoxy) is 1. The standard InChI is InChI=1S/C25H19F2N5O3/c26-16-2-4-17(5-3-16)32-24(34)25(23(28)33)11-19(25)14-1-6-22(20(27)9-14)35-18-7-8-29-21(10-18)15-12-30-31-13-15/h1-10,12-13,19H,11H2,(H2,28,33)(H,30,31)(H,32,34). The Morgan fingerprint density at radius 2 is 1.91 bits per heavy atom. The second kappa shape index (κ2) is 8.64. The first-order valence-corrected chi connectivity index (χ1v) is 10.7. The molecule has 2 aromatic carbocycles. The van der Waals surface area contributed by atoms with E-state index in [1.807, 2.05) is 0 Å². The number of rotatable bonds is 7. The number of hydrogen-bond acceptors (Lipinski definition) is 5. The Morgan fingerprint density at radius 1 is 1.11 bits per heavy atom. The van der Waals surface area contributed by atoms with Crippen LogP contribution in [-0.2, 0) is 9.59 Å². The van der Waals surface area contributed by atoms with Crippen LogP contribution in [0.15, 0.2) is 73.2 Å².